The van der Waals surface area contributed by atoms with Crippen molar-refractivity contribution >= 4 is 69.2 Å². The van der Waals surface area contributed by atoms with E-state index in [2.05, 4.69) is 25.1 Å². The third-order valence-electron chi connectivity index (χ3n) is 8.98. The van der Waals surface area contributed by atoms with Gasteiger partial charge in [0.25, 0.3) is 0 Å². The van der Waals surface area contributed by atoms with Crippen LogP contribution in [0.4, 0.5) is 9.59 Å². The zero-order valence-electron chi connectivity index (χ0n) is 32.5. The summed E-state index contributed by atoms with van der Waals surface area (Å²) in [6, 6.07) is 35.0. The number of nitrogens with one attached hydrogen (secondary N) is 1. The molecule has 3 atom stereocenters. The summed E-state index contributed by atoms with van der Waals surface area (Å²) in [6.07, 6.45) is 1.58. The number of thioether (sulfide) groups is 1. The number of benzene rings is 4. The average Bonchev–Trinajstić information content (AvgIpc) is 3.26. The van der Waals surface area contributed by atoms with Gasteiger partial charge in [0.1, 0.15) is 48.4 Å². The van der Waals surface area contributed by atoms with Crippen LogP contribution < -0.4 is 26.0 Å². The Morgan fingerprint density at radius 2 is 1.25 bits per heavy atom. The van der Waals surface area contributed by atoms with E-state index in [0.29, 0.717) is 5.75 Å². The molecule has 12 nitrogen and oxygen atoms in total. The van der Waals surface area contributed by atoms with Crippen molar-refractivity contribution in [3.63, 3.8) is 0 Å². The molecule has 0 unspecified atom stereocenters. The van der Waals surface area contributed by atoms with Crippen LogP contribution in [0.25, 0.3) is 0 Å². The number of nitrogens with zero attached hydrogens (tertiary/aromatic N) is 1. The van der Waals surface area contributed by atoms with Gasteiger partial charge in [-0.2, -0.15) is 0 Å². The fraction of sp³-hybridized carbons (Fsp3) is 0.200. The van der Waals surface area contributed by atoms with Gasteiger partial charge in [-0.3, -0.25) is 14.5 Å². The van der Waals surface area contributed by atoms with Crippen LogP contribution in [0.15, 0.2) is 153 Å². The topological polar surface area (TPSA) is 147 Å². The van der Waals surface area contributed by atoms with Crippen molar-refractivity contribution in [3.05, 3.63) is 159 Å². The molecule has 306 valence electrons. The van der Waals surface area contributed by atoms with E-state index in [0.717, 1.165) is 33.2 Å². The van der Waals surface area contributed by atoms with E-state index in [1.165, 1.54) is 30.1 Å². The highest BCUT2D eigenvalue weighted by atomic mass is 32.2. The molecule has 1 aliphatic rings. The maximum Gasteiger partial charge on any atom is 0.508 e. The van der Waals surface area contributed by atoms with Crippen molar-refractivity contribution in [1.82, 2.24) is 10.2 Å². The molecule has 0 spiro atoms. The van der Waals surface area contributed by atoms with E-state index in [1.54, 1.807) is 24.3 Å². The Labute approximate surface area is 347 Å². The molecule has 4 aromatic carbocycles. The van der Waals surface area contributed by atoms with Crippen LogP contribution in [-0.4, -0.2) is 77.5 Å². The summed E-state index contributed by atoms with van der Waals surface area (Å²) in [6.45, 7) is 8.61. The lowest BCUT2D eigenvalue weighted by Crippen LogP contribution is -2.67. The molecule has 2 amide bonds. The molecule has 1 aliphatic heterocycles. The number of hydrogen-bond acceptors (Lipinski definition) is 11. The molecular weight excluding hydrogens is 792 g/mol. The number of likely N-dealkylation sites (tertiary alicyclic amines) is 1. The molecule has 4 aromatic rings. The van der Waals surface area contributed by atoms with Crippen LogP contribution in [0.2, 0.25) is 0 Å². The van der Waals surface area contributed by atoms with Gasteiger partial charge in [-0.05, 0) is 40.5 Å². The maximum absolute atomic E-state index is 14.8. The Hall–Kier alpha value is -6.30. The first-order valence-corrected chi connectivity index (χ1v) is 21.2. The van der Waals surface area contributed by atoms with Gasteiger partial charge in [0.15, 0.2) is 6.61 Å². The minimum absolute atomic E-state index is 0.0365. The van der Waals surface area contributed by atoms with Crippen LogP contribution in [0, 0.1) is 5.92 Å². The van der Waals surface area contributed by atoms with Gasteiger partial charge in [-0.1, -0.05) is 153 Å². The number of β-lactam (4-membered cyclic amide) rings is 1. The predicted octanol–water partition coefficient (Wildman–Crippen LogP) is 6.10. The Kier molecular flexibility index (Phi) is 15.9. The summed E-state index contributed by atoms with van der Waals surface area (Å²) in [5, 5.41) is 3.35. The molecular formula is C45H45N2O10PS. The highest BCUT2D eigenvalue weighted by Crippen LogP contribution is 2.51. The van der Waals surface area contributed by atoms with E-state index in [1.807, 2.05) is 91.0 Å². The summed E-state index contributed by atoms with van der Waals surface area (Å²) >= 11 is 0.785. The molecule has 1 saturated heterocycles. The normalized spacial score (nSPS) is 15.0. The van der Waals surface area contributed by atoms with E-state index in [4.69, 9.17) is 23.7 Å². The minimum Gasteiger partial charge on any atom is -0.485 e. The monoisotopic (exact) mass is 836 g/mol. The summed E-state index contributed by atoms with van der Waals surface area (Å²) in [5.74, 6) is -2.05. The zero-order chi connectivity index (χ0) is 42.2. The lowest BCUT2D eigenvalue weighted by Gasteiger charge is -2.50. The first-order valence-electron chi connectivity index (χ1n) is 18.6. The SMILES string of the molecule is C=CCOC(=O)NCc1ccc(OCC(=O)S[C@@H]2[C@@H]([C@@H](C)OC(=O)OCC=C)C(=O)N2C(C(=O)OCC=C)=P(c2ccccc2)(c2ccccc2)c2ccccc2)cc1. The molecule has 1 heterocycles. The third-order valence-corrected chi connectivity index (χ3v) is 14.4. The molecule has 5 rings (SSSR count). The van der Waals surface area contributed by atoms with Gasteiger partial charge in [-0.15, -0.1) is 0 Å². The Bertz CT molecular complexity index is 2080. The Morgan fingerprint density at radius 3 is 1.78 bits per heavy atom. The third kappa shape index (κ3) is 10.6. The van der Waals surface area contributed by atoms with Crippen molar-refractivity contribution in [2.45, 2.75) is 24.9 Å². The second kappa shape index (κ2) is 21.5. The fourth-order valence-corrected chi connectivity index (χ4v) is 12.0. The standard InChI is InChI=1S/C45H45N2O10PS/c1-5-27-53-43(50)41(58(35-17-11-8-12-18-35,36-19-13-9-14-20-36)37-21-15-10-16-22-37)47-40(49)39(32(4)57-45(52)55-29-7-3)42(47)59-38(48)31-56-34-25-23-33(24-26-34)30-46-44(51)54-28-6-2/h5-26,32,39,42H,1-3,27-31H2,4H3,(H,46,51)/t32-,39+,42-/m1/s1. The zero-order valence-corrected chi connectivity index (χ0v) is 34.2. The maximum atomic E-state index is 14.8. The minimum atomic E-state index is -3.31. The number of carbonyl (C=O) groups is 5. The van der Waals surface area contributed by atoms with Gasteiger partial charge in [0.05, 0.1) is 0 Å². The highest BCUT2D eigenvalue weighted by Gasteiger charge is 2.57. The van der Waals surface area contributed by atoms with Gasteiger partial charge >= 0.3 is 18.2 Å². The second-order valence-electron chi connectivity index (χ2n) is 12.8. The smallest absolute Gasteiger partial charge is 0.485 e. The van der Waals surface area contributed by atoms with Gasteiger partial charge in [0.2, 0.25) is 11.0 Å². The van der Waals surface area contributed by atoms with Gasteiger partial charge in [-0.25, -0.2) is 14.4 Å². The van der Waals surface area contributed by atoms with E-state index >= 15 is 0 Å². The molecule has 0 bridgehead atoms. The number of ether oxygens (including phenoxy) is 5. The predicted molar refractivity (Wildman–Crippen MR) is 230 cm³/mol. The van der Waals surface area contributed by atoms with Crippen molar-refractivity contribution in [2.24, 2.45) is 5.92 Å². The fourth-order valence-electron chi connectivity index (χ4n) is 6.40. The van der Waals surface area contributed by atoms with Gasteiger partial charge < -0.3 is 29.0 Å². The lowest BCUT2D eigenvalue weighted by atomic mass is 9.92. The van der Waals surface area contributed by atoms with E-state index in [9.17, 15) is 24.0 Å². The molecule has 1 fully saturated rings. The van der Waals surface area contributed by atoms with Crippen molar-refractivity contribution in [1.29, 1.82) is 0 Å². The molecule has 59 heavy (non-hydrogen) atoms. The number of hydrogen-bond donors (Lipinski definition) is 1. The van der Waals surface area contributed by atoms with Crippen LogP contribution in [0.1, 0.15) is 12.5 Å². The summed E-state index contributed by atoms with van der Waals surface area (Å²) in [7, 11) is 0. The number of esters is 1. The lowest BCUT2D eigenvalue weighted by molar-refractivity contribution is -0.152. The molecule has 0 aromatic heterocycles. The first-order chi connectivity index (χ1) is 28.6. The summed E-state index contributed by atoms with van der Waals surface area (Å²) in [5.41, 5.74) is 0.795. The number of amides is 2. The van der Waals surface area contributed by atoms with Crippen LogP contribution >= 0.6 is 18.6 Å². The quantitative estimate of drug-likeness (QED) is 0.0384. The van der Waals surface area contributed by atoms with Crippen molar-refractivity contribution in [2.75, 3.05) is 26.4 Å². The molecule has 14 heteroatoms. The van der Waals surface area contributed by atoms with E-state index in [-0.39, 0.29) is 31.8 Å². The highest BCUT2D eigenvalue weighted by molar-refractivity contribution is 8.14. The Balaban J connectivity index is 1.58. The number of alkyl carbamates (subject to hydrolysis) is 1. The molecule has 0 radical (unpaired) electrons. The summed E-state index contributed by atoms with van der Waals surface area (Å²) in [4.78, 5) is 69.2. The molecule has 0 saturated carbocycles. The molecule has 0 aliphatic carbocycles. The average molecular weight is 837 g/mol. The van der Waals surface area contributed by atoms with Crippen LogP contribution in [0.3, 0.4) is 0 Å². The Morgan fingerprint density at radius 1 is 0.746 bits per heavy atom. The molecule has 1 N–H and O–H groups in total. The number of carbonyl (C=O) groups excluding carboxylic acids is 5. The largest absolute Gasteiger partial charge is 0.508 e. The summed E-state index contributed by atoms with van der Waals surface area (Å²) < 4.78 is 27.2. The van der Waals surface area contributed by atoms with Gasteiger partial charge in [0, 0.05) is 13.4 Å². The van der Waals surface area contributed by atoms with E-state index < -0.39 is 60.1 Å². The number of rotatable bonds is 19. The van der Waals surface area contributed by atoms with Crippen molar-refractivity contribution < 1.29 is 47.7 Å². The van der Waals surface area contributed by atoms with Crippen LogP contribution in [-0.2, 0) is 39.9 Å². The second-order valence-corrected chi connectivity index (χ2v) is 17.3. The first kappa shape index (κ1) is 43.8. The van der Waals surface area contributed by atoms with Crippen LogP contribution in [0.5, 0.6) is 5.75 Å². The van der Waals surface area contributed by atoms with Crippen molar-refractivity contribution in [3.8, 4) is 5.75 Å².